The molecule has 1 aromatic heterocycles. The second-order valence-electron chi connectivity index (χ2n) is 7.01. The van der Waals surface area contributed by atoms with Crippen LogP contribution in [0.3, 0.4) is 0 Å². The summed E-state index contributed by atoms with van der Waals surface area (Å²) < 4.78 is 5.54. The summed E-state index contributed by atoms with van der Waals surface area (Å²) in [4.78, 5) is 26.0. The summed E-state index contributed by atoms with van der Waals surface area (Å²) in [5.41, 5.74) is 3.33. The van der Waals surface area contributed by atoms with Gasteiger partial charge in [0.1, 0.15) is 5.75 Å². The third-order valence-electron chi connectivity index (χ3n) is 4.70. The smallest absolute Gasteiger partial charge is 0.262 e. The topological polar surface area (TPSA) is 70.6 Å². The number of amides is 1. The molecule has 1 amide bonds. The molecule has 0 radical (unpaired) electrons. The van der Waals surface area contributed by atoms with E-state index in [1.807, 2.05) is 45.0 Å². The molecule has 1 aromatic carbocycles. The zero-order chi connectivity index (χ0) is 19.4. The van der Waals surface area contributed by atoms with E-state index in [-0.39, 0.29) is 12.5 Å². The Labute approximate surface area is 160 Å². The Morgan fingerprint density at radius 3 is 2.22 bits per heavy atom. The molecule has 1 N–H and O–H groups in total. The molecule has 3 rings (SSSR count). The first-order chi connectivity index (χ1) is 12.9. The van der Waals surface area contributed by atoms with Crippen molar-refractivity contribution >= 4 is 17.5 Å². The maximum Gasteiger partial charge on any atom is 0.262 e. The minimum Gasteiger partial charge on any atom is -0.484 e. The van der Waals surface area contributed by atoms with Crippen LogP contribution < -0.4 is 15.0 Å². The van der Waals surface area contributed by atoms with Crippen LogP contribution in [-0.2, 0) is 4.79 Å². The van der Waals surface area contributed by atoms with Gasteiger partial charge in [0.25, 0.3) is 5.91 Å². The molecule has 1 fully saturated rings. The Kier molecular flexibility index (Phi) is 5.91. The molecular weight excluding hydrogens is 342 g/mol. The quantitative estimate of drug-likeness (QED) is 0.871. The van der Waals surface area contributed by atoms with Crippen molar-refractivity contribution in [3.63, 3.8) is 0 Å². The maximum atomic E-state index is 12.3. The van der Waals surface area contributed by atoms with Crippen molar-refractivity contribution in [2.75, 3.05) is 50.1 Å². The van der Waals surface area contributed by atoms with Crippen LogP contribution in [0.1, 0.15) is 17.0 Å². The van der Waals surface area contributed by atoms with Crippen molar-refractivity contribution in [1.29, 1.82) is 0 Å². The SMILES string of the molecule is Cc1ccc(OCC(=O)Nc2c(C)nc(N3CCN(C)CC3)nc2C)cc1. The number of carbonyl (C=O) groups excluding carboxylic acids is 1. The highest BCUT2D eigenvalue weighted by atomic mass is 16.5. The van der Waals surface area contributed by atoms with Crippen LogP contribution in [0.4, 0.5) is 11.6 Å². The molecular formula is C20H27N5O2. The first-order valence-electron chi connectivity index (χ1n) is 9.20. The van der Waals surface area contributed by atoms with Gasteiger partial charge in [0.05, 0.1) is 17.1 Å². The van der Waals surface area contributed by atoms with Crippen LogP contribution >= 0.6 is 0 Å². The summed E-state index contributed by atoms with van der Waals surface area (Å²) in [6.07, 6.45) is 0. The van der Waals surface area contributed by atoms with Crippen molar-refractivity contribution in [1.82, 2.24) is 14.9 Å². The van der Waals surface area contributed by atoms with Crippen LogP contribution in [0.15, 0.2) is 24.3 Å². The van der Waals surface area contributed by atoms with E-state index in [9.17, 15) is 4.79 Å². The van der Waals surface area contributed by atoms with E-state index >= 15 is 0 Å². The highest BCUT2D eigenvalue weighted by Gasteiger charge is 2.19. The number of aryl methyl sites for hydroxylation is 3. The Hall–Kier alpha value is -2.67. The fourth-order valence-corrected chi connectivity index (χ4v) is 2.99. The number of piperazine rings is 1. The molecule has 1 aliphatic rings. The molecule has 0 spiro atoms. The number of rotatable bonds is 5. The largest absolute Gasteiger partial charge is 0.484 e. The molecule has 0 saturated carbocycles. The van der Waals surface area contributed by atoms with Crippen LogP contribution in [0.2, 0.25) is 0 Å². The van der Waals surface area contributed by atoms with Gasteiger partial charge in [0.2, 0.25) is 5.95 Å². The van der Waals surface area contributed by atoms with Gasteiger partial charge >= 0.3 is 0 Å². The summed E-state index contributed by atoms with van der Waals surface area (Å²) in [5, 5.41) is 2.88. The highest BCUT2D eigenvalue weighted by molar-refractivity contribution is 5.93. The fourth-order valence-electron chi connectivity index (χ4n) is 2.99. The van der Waals surface area contributed by atoms with Crippen molar-refractivity contribution in [3.05, 3.63) is 41.2 Å². The van der Waals surface area contributed by atoms with Gasteiger partial charge < -0.3 is 19.9 Å². The molecule has 0 atom stereocenters. The molecule has 27 heavy (non-hydrogen) atoms. The average Bonchev–Trinajstić information content (AvgIpc) is 2.64. The minimum atomic E-state index is -0.224. The molecule has 1 saturated heterocycles. The normalized spacial score (nSPS) is 14.9. The van der Waals surface area contributed by atoms with E-state index in [1.165, 1.54) is 0 Å². The maximum absolute atomic E-state index is 12.3. The van der Waals surface area contributed by atoms with Gasteiger partial charge in [-0.05, 0) is 40.0 Å². The van der Waals surface area contributed by atoms with E-state index in [4.69, 9.17) is 4.74 Å². The standard InChI is InChI=1S/C20H27N5O2/c1-14-5-7-17(8-6-14)27-13-18(26)23-19-15(2)21-20(22-16(19)3)25-11-9-24(4)10-12-25/h5-8H,9-13H2,1-4H3,(H,23,26). The summed E-state index contributed by atoms with van der Waals surface area (Å²) >= 11 is 0. The second-order valence-corrected chi connectivity index (χ2v) is 7.01. The van der Waals surface area contributed by atoms with Crippen molar-refractivity contribution in [2.24, 2.45) is 0 Å². The van der Waals surface area contributed by atoms with Crippen molar-refractivity contribution in [2.45, 2.75) is 20.8 Å². The lowest BCUT2D eigenvalue weighted by atomic mass is 10.2. The Balaban J connectivity index is 1.62. The van der Waals surface area contributed by atoms with Gasteiger partial charge in [-0.25, -0.2) is 9.97 Å². The lowest BCUT2D eigenvalue weighted by Crippen LogP contribution is -2.45. The molecule has 7 nitrogen and oxygen atoms in total. The number of hydrogen-bond acceptors (Lipinski definition) is 6. The van der Waals surface area contributed by atoms with Gasteiger partial charge in [0, 0.05) is 26.2 Å². The van der Waals surface area contributed by atoms with E-state index in [1.54, 1.807) is 0 Å². The number of carbonyl (C=O) groups is 1. The number of nitrogens with zero attached hydrogens (tertiary/aromatic N) is 4. The van der Waals surface area contributed by atoms with E-state index in [2.05, 4.69) is 32.1 Å². The molecule has 1 aliphatic heterocycles. The fraction of sp³-hybridized carbons (Fsp3) is 0.450. The number of aromatic nitrogens is 2. The molecule has 2 heterocycles. The van der Waals surface area contributed by atoms with Crippen LogP contribution in [0.25, 0.3) is 0 Å². The van der Waals surface area contributed by atoms with Crippen molar-refractivity contribution in [3.8, 4) is 5.75 Å². The second kappa shape index (κ2) is 8.35. The molecule has 0 aliphatic carbocycles. The van der Waals surface area contributed by atoms with E-state index in [0.29, 0.717) is 11.4 Å². The number of likely N-dealkylation sites (N-methyl/N-ethyl adjacent to an activating group) is 1. The minimum absolute atomic E-state index is 0.0534. The lowest BCUT2D eigenvalue weighted by molar-refractivity contribution is -0.118. The monoisotopic (exact) mass is 369 g/mol. The molecule has 7 heteroatoms. The van der Waals surface area contributed by atoms with Crippen LogP contribution in [0.5, 0.6) is 5.75 Å². The zero-order valence-electron chi connectivity index (χ0n) is 16.5. The summed E-state index contributed by atoms with van der Waals surface area (Å²) in [6.45, 7) is 9.55. The van der Waals surface area contributed by atoms with E-state index in [0.717, 1.165) is 49.1 Å². The number of benzene rings is 1. The van der Waals surface area contributed by atoms with E-state index < -0.39 is 0 Å². The molecule has 2 aromatic rings. The van der Waals surface area contributed by atoms with Gasteiger partial charge in [-0.1, -0.05) is 17.7 Å². The molecule has 0 bridgehead atoms. The average molecular weight is 369 g/mol. The van der Waals surface area contributed by atoms with Gasteiger partial charge in [-0.3, -0.25) is 4.79 Å². The van der Waals surface area contributed by atoms with Crippen LogP contribution in [0, 0.1) is 20.8 Å². The predicted octanol–water partition coefficient (Wildman–Crippen LogP) is 2.17. The Bertz CT molecular complexity index is 776. The first-order valence-corrected chi connectivity index (χ1v) is 9.20. The summed E-state index contributed by atoms with van der Waals surface area (Å²) in [5.74, 6) is 1.18. The number of hydrogen-bond donors (Lipinski definition) is 1. The van der Waals surface area contributed by atoms with Gasteiger partial charge in [-0.2, -0.15) is 0 Å². The molecule has 144 valence electrons. The first kappa shape index (κ1) is 19.1. The number of anilines is 2. The van der Waals surface area contributed by atoms with Crippen LogP contribution in [-0.4, -0.2) is 60.6 Å². The zero-order valence-corrected chi connectivity index (χ0v) is 16.5. The highest BCUT2D eigenvalue weighted by Crippen LogP contribution is 2.21. The Morgan fingerprint density at radius 2 is 1.63 bits per heavy atom. The molecule has 0 unspecified atom stereocenters. The summed E-state index contributed by atoms with van der Waals surface area (Å²) in [7, 11) is 2.12. The lowest BCUT2D eigenvalue weighted by Gasteiger charge is -2.32. The third-order valence-corrected chi connectivity index (χ3v) is 4.70. The van der Waals surface area contributed by atoms with Crippen molar-refractivity contribution < 1.29 is 9.53 Å². The van der Waals surface area contributed by atoms with Gasteiger partial charge in [0.15, 0.2) is 6.61 Å². The predicted molar refractivity (Wildman–Crippen MR) is 107 cm³/mol. The van der Waals surface area contributed by atoms with Gasteiger partial charge in [-0.15, -0.1) is 0 Å². The Morgan fingerprint density at radius 1 is 1.04 bits per heavy atom. The third kappa shape index (κ3) is 4.95. The number of ether oxygens (including phenoxy) is 1. The number of nitrogens with one attached hydrogen (secondary N) is 1. The summed E-state index contributed by atoms with van der Waals surface area (Å²) in [6, 6.07) is 7.61.